The average Bonchev–Trinajstić information content (AvgIpc) is 2.58. The summed E-state index contributed by atoms with van der Waals surface area (Å²) in [6.45, 7) is 2.24. The van der Waals surface area contributed by atoms with Gasteiger partial charge in [-0.2, -0.15) is 0 Å². The van der Waals surface area contributed by atoms with E-state index in [1.54, 1.807) is 18.6 Å². The fourth-order valence-electron chi connectivity index (χ4n) is 1.92. The van der Waals surface area contributed by atoms with E-state index in [1.165, 1.54) is 6.20 Å². The summed E-state index contributed by atoms with van der Waals surface area (Å²) in [7, 11) is 4.08. The van der Waals surface area contributed by atoms with Crippen molar-refractivity contribution in [1.82, 2.24) is 25.2 Å². The zero-order valence-electron chi connectivity index (χ0n) is 13.5. The lowest BCUT2D eigenvalue weighted by molar-refractivity contribution is 0.0945. The SMILES string of the molecule is CN(C)CCCNc1cnc(C(=O)NCc2cccnc2)cn1. The van der Waals surface area contributed by atoms with Crippen molar-refractivity contribution in [1.29, 1.82) is 0 Å². The van der Waals surface area contributed by atoms with Crippen LogP contribution in [-0.4, -0.2) is 52.9 Å². The molecule has 23 heavy (non-hydrogen) atoms. The van der Waals surface area contributed by atoms with Gasteiger partial charge in [0.2, 0.25) is 0 Å². The van der Waals surface area contributed by atoms with E-state index in [0.29, 0.717) is 18.1 Å². The first-order valence-electron chi connectivity index (χ1n) is 7.53. The normalized spacial score (nSPS) is 10.6. The Morgan fingerprint density at radius 2 is 2.09 bits per heavy atom. The van der Waals surface area contributed by atoms with Crippen molar-refractivity contribution in [3.8, 4) is 0 Å². The van der Waals surface area contributed by atoms with Crippen LogP contribution in [0.15, 0.2) is 36.9 Å². The van der Waals surface area contributed by atoms with Crippen molar-refractivity contribution in [2.24, 2.45) is 0 Å². The van der Waals surface area contributed by atoms with Crippen LogP contribution in [0.2, 0.25) is 0 Å². The third kappa shape index (κ3) is 5.99. The van der Waals surface area contributed by atoms with Crippen LogP contribution in [0.25, 0.3) is 0 Å². The molecule has 2 rings (SSSR count). The molecule has 0 aromatic carbocycles. The molecular formula is C16H22N6O. The summed E-state index contributed by atoms with van der Waals surface area (Å²) in [5, 5.41) is 5.98. The molecule has 7 heteroatoms. The molecule has 0 saturated heterocycles. The maximum Gasteiger partial charge on any atom is 0.271 e. The van der Waals surface area contributed by atoms with Gasteiger partial charge in [0.25, 0.3) is 5.91 Å². The molecule has 0 aliphatic heterocycles. The minimum atomic E-state index is -0.250. The molecule has 7 nitrogen and oxygen atoms in total. The van der Waals surface area contributed by atoms with Crippen molar-refractivity contribution in [3.05, 3.63) is 48.2 Å². The van der Waals surface area contributed by atoms with Gasteiger partial charge in [0, 0.05) is 25.5 Å². The molecule has 122 valence electrons. The van der Waals surface area contributed by atoms with Gasteiger partial charge in [0.1, 0.15) is 11.5 Å². The van der Waals surface area contributed by atoms with Gasteiger partial charge in [-0.25, -0.2) is 9.97 Å². The summed E-state index contributed by atoms with van der Waals surface area (Å²) in [4.78, 5) is 26.5. The van der Waals surface area contributed by atoms with E-state index >= 15 is 0 Å². The van der Waals surface area contributed by atoms with Crippen molar-refractivity contribution >= 4 is 11.7 Å². The lowest BCUT2D eigenvalue weighted by Crippen LogP contribution is -2.24. The third-order valence-electron chi connectivity index (χ3n) is 3.15. The Bertz CT molecular complexity index is 600. The number of hydrogen-bond acceptors (Lipinski definition) is 6. The summed E-state index contributed by atoms with van der Waals surface area (Å²) in [6, 6.07) is 3.73. The summed E-state index contributed by atoms with van der Waals surface area (Å²) >= 11 is 0. The number of nitrogens with one attached hydrogen (secondary N) is 2. The first-order chi connectivity index (χ1) is 11.1. The summed E-state index contributed by atoms with van der Waals surface area (Å²) in [5.74, 6) is 0.424. The zero-order chi connectivity index (χ0) is 16.5. The number of rotatable bonds is 8. The van der Waals surface area contributed by atoms with E-state index < -0.39 is 0 Å². The first kappa shape index (κ1) is 16.8. The number of nitrogens with zero attached hydrogens (tertiary/aromatic N) is 4. The number of hydrogen-bond donors (Lipinski definition) is 2. The number of carbonyl (C=O) groups excluding carboxylic acids is 1. The van der Waals surface area contributed by atoms with Crippen LogP contribution < -0.4 is 10.6 Å². The van der Waals surface area contributed by atoms with Gasteiger partial charge < -0.3 is 15.5 Å². The molecule has 0 fully saturated rings. The van der Waals surface area contributed by atoms with Crippen molar-refractivity contribution in [2.75, 3.05) is 32.5 Å². The molecular weight excluding hydrogens is 292 g/mol. The number of pyridine rings is 1. The summed E-state index contributed by atoms with van der Waals surface area (Å²) in [5.41, 5.74) is 1.24. The summed E-state index contributed by atoms with van der Waals surface area (Å²) < 4.78 is 0. The molecule has 0 bridgehead atoms. The molecule has 0 aliphatic rings. The Morgan fingerprint density at radius 1 is 1.22 bits per heavy atom. The lowest BCUT2D eigenvalue weighted by atomic mass is 10.3. The van der Waals surface area contributed by atoms with Gasteiger partial charge in [-0.15, -0.1) is 0 Å². The number of carbonyl (C=O) groups is 1. The molecule has 0 aliphatic carbocycles. The Hall–Kier alpha value is -2.54. The van der Waals surface area contributed by atoms with Crippen LogP contribution in [-0.2, 0) is 6.54 Å². The van der Waals surface area contributed by atoms with Gasteiger partial charge in [-0.1, -0.05) is 6.07 Å². The quantitative estimate of drug-likeness (QED) is 0.712. The zero-order valence-corrected chi connectivity index (χ0v) is 13.5. The second kappa shape index (κ2) is 8.79. The van der Waals surface area contributed by atoms with E-state index in [-0.39, 0.29) is 5.91 Å². The van der Waals surface area contributed by atoms with E-state index in [0.717, 1.165) is 25.1 Å². The highest BCUT2D eigenvalue weighted by molar-refractivity contribution is 5.91. The van der Waals surface area contributed by atoms with Gasteiger partial charge >= 0.3 is 0 Å². The third-order valence-corrected chi connectivity index (χ3v) is 3.15. The van der Waals surface area contributed by atoms with Crippen LogP contribution in [0.4, 0.5) is 5.82 Å². The highest BCUT2D eigenvalue weighted by Crippen LogP contribution is 2.02. The summed E-state index contributed by atoms with van der Waals surface area (Å²) in [6.07, 6.45) is 7.48. The van der Waals surface area contributed by atoms with E-state index in [2.05, 4.69) is 30.5 Å². The molecule has 0 saturated carbocycles. The van der Waals surface area contributed by atoms with E-state index in [1.807, 2.05) is 26.2 Å². The Balaban J connectivity index is 1.78. The van der Waals surface area contributed by atoms with Gasteiger partial charge in [-0.3, -0.25) is 9.78 Å². The van der Waals surface area contributed by atoms with Gasteiger partial charge in [-0.05, 0) is 38.7 Å². The van der Waals surface area contributed by atoms with Crippen molar-refractivity contribution in [2.45, 2.75) is 13.0 Å². The average molecular weight is 314 g/mol. The minimum Gasteiger partial charge on any atom is -0.369 e. The van der Waals surface area contributed by atoms with Gasteiger partial charge in [0.05, 0.1) is 12.4 Å². The maximum absolute atomic E-state index is 12.0. The molecule has 0 unspecified atom stereocenters. The fourth-order valence-corrected chi connectivity index (χ4v) is 1.92. The smallest absolute Gasteiger partial charge is 0.271 e. The molecule has 0 atom stereocenters. The lowest BCUT2D eigenvalue weighted by Gasteiger charge is -2.10. The standard InChI is InChI=1S/C16H22N6O/c1-22(2)8-4-7-18-15-12-19-14(11-20-15)16(23)21-10-13-5-3-6-17-9-13/h3,5-6,9,11-12H,4,7-8,10H2,1-2H3,(H,18,20)(H,21,23). The number of anilines is 1. The molecule has 2 aromatic heterocycles. The van der Waals surface area contributed by atoms with Crippen LogP contribution in [0.5, 0.6) is 0 Å². The number of aromatic nitrogens is 3. The molecule has 1 amide bonds. The predicted octanol–water partition coefficient (Wildman–Crippen LogP) is 1.17. The van der Waals surface area contributed by atoms with Crippen molar-refractivity contribution < 1.29 is 4.79 Å². The molecule has 2 aromatic rings. The predicted molar refractivity (Wildman–Crippen MR) is 89.1 cm³/mol. The van der Waals surface area contributed by atoms with E-state index in [9.17, 15) is 4.79 Å². The second-order valence-corrected chi connectivity index (χ2v) is 5.41. The van der Waals surface area contributed by atoms with Crippen molar-refractivity contribution in [3.63, 3.8) is 0 Å². The molecule has 0 radical (unpaired) electrons. The monoisotopic (exact) mass is 314 g/mol. The number of amides is 1. The Kier molecular flexibility index (Phi) is 6.43. The topological polar surface area (TPSA) is 83.0 Å². The van der Waals surface area contributed by atoms with Crippen LogP contribution in [0.3, 0.4) is 0 Å². The second-order valence-electron chi connectivity index (χ2n) is 5.41. The van der Waals surface area contributed by atoms with E-state index in [4.69, 9.17) is 0 Å². The van der Waals surface area contributed by atoms with Gasteiger partial charge in [0.15, 0.2) is 0 Å². The van der Waals surface area contributed by atoms with Crippen LogP contribution in [0.1, 0.15) is 22.5 Å². The highest BCUT2D eigenvalue weighted by atomic mass is 16.1. The highest BCUT2D eigenvalue weighted by Gasteiger charge is 2.07. The Morgan fingerprint density at radius 3 is 2.74 bits per heavy atom. The largest absolute Gasteiger partial charge is 0.369 e. The first-order valence-corrected chi connectivity index (χ1v) is 7.53. The van der Waals surface area contributed by atoms with Crippen LogP contribution in [0, 0.1) is 0 Å². The molecule has 0 spiro atoms. The maximum atomic E-state index is 12.0. The Labute approximate surface area is 136 Å². The molecule has 2 heterocycles. The fraction of sp³-hybridized carbons (Fsp3) is 0.375. The van der Waals surface area contributed by atoms with Crippen LogP contribution >= 0.6 is 0 Å². The minimum absolute atomic E-state index is 0.250. The molecule has 2 N–H and O–H groups in total.